The SMILES string of the molecule is CC[C@H]1CSC2=N[C@H](c3ccccn3)[C@@H](c3ccc(O)cc3)N21. The monoisotopic (exact) mass is 325 g/mol. The van der Waals surface area contributed by atoms with E-state index in [0.717, 1.165) is 23.0 Å². The minimum Gasteiger partial charge on any atom is -0.508 e. The van der Waals surface area contributed by atoms with E-state index in [1.807, 2.05) is 42.2 Å². The van der Waals surface area contributed by atoms with E-state index in [4.69, 9.17) is 4.99 Å². The first-order valence-corrected chi connectivity index (χ1v) is 8.95. The Balaban J connectivity index is 1.78. The van der Waals surface area contributed by atoms with Crippen molar-refractivity contribution >= 4 is 16.9 Å². The van der Waals surface area contributed by atoms with Crippen LogP contribution in [-0.2, 0) is 0 Å². The summed E-state index contributed by atoms with van der Waals surface area (Å²) in [5.74, 6) is 1.39. The predicted molar refractivity (Wildman–Crippen MR) is 93.6 cm³/mol. The van der Waals surface area contributed by atoms with Gasteiger partial charge in [0.25, 0.3) is 0 Å². The van der Waals surface area contributed by atoms with Crippen LogP contribution >= 0.6 is 11.8 Å². The van der Waals surface area contributed by atoms with E-state index < -0.39 is 0 Å². The molecule has 0 saturated carbocycles. The summed E-state index contributed by atoms with van der Waals surface area (Å²) in [6.45, 7) is 2.23. The molecule has 0 bridgehead atoms. The van der Waals surface area contributed by atoms with Crippen LogP contribution in [0.4, 0.5) is 0 Å². The maximum absolute atomic E-state index is 9.61. The van der Waals surface area contributed by atoms with Crippen molar-refractivity contribution in [3.63, 3.8) is 0 Å². The van der Waals surface area contributed by atoms with Gasteiger partial charge in [0, 0.05) is 18.0 Å². The van der Waals surface area contributed by atoms with Gasteiger partial charge < -0.3 is 10.0 Å². The van der Waals surface area contributed by atoms with E-state index in [1.54, 1.807) is 12.1 Å². The molecule has 2 aliphatic heterocycles. The van der Waals surface area contributed by atoms with Crippen molar-refractivity contribution in [1.29, 1.82) is 0 Å². The zero-order valence-corrected chi connectivity index (χ0v) is 13.8. The normalized spacial score (nSPS) is 26.2. The quantitative estimate of drug-likeness (QED) is 0.933. The highest BCUT2D eigenvalue weighted by molar-refractivity contribution is 8.14. The molecule has 23 heavy (non-hydrogen) atoms. The first-order chi connectivity index (χ1) is 11.3. The summed E-state index contributed by atoms with van der Waals surface area (Å²) in [5.41, 5.74) is 2.18. The fourth-order valence-electron chi connectivity index (χ4n) is 3.38. The lowest BCUT2D eigenvalue weighted by Gasteiger charge is -2.31. The molecular weight excluding hydrogens is 306 g/mol. The van der Waals surface area contributed by atoms with Crippen molar-refractivity contribution in [3.8, 4) is 5.75 Å². The summed E-state index contributed by atoms with van der Waals surface area (Å²) in [6.07, 6.45) is 2.94. The van der Waals surface area contributed by atoms with E-state index in [-0.39, 0.29) is 12.1 Å². The number of hydrogen-bond acceptors (Lipinski definition) is 5. The van der Waals surface area contributed by atoms with Crippen molar-refractivity contribution in [2.45, 2.75) is 31.5 Å². The van der Waals surface area contributed by atoms with E-state index in [1.165, 1.54) is 5.56 Å². The van der Waals surface area contributed by atoms with E-state index in [0.29, 0.717) is 11.8 Å². The molecule has 1 N–H and O–H groups in total. The van der Waals surface area contributed by atoms with Crippen LogP contribution in [0.2, 0.25) is 0 Å². The van der Waals surface area contributed by atoms with Gasteiger partial charge in [-0.3, -0.25) is 9.98 Å². The molecule has 5 heteroatoms. The van der Waals surface area contributed by atoms with Crippen molar-refractivity contribution in [2.75, 3.05) is 5.75 Å². The third-order valence-electron chi connectivity index (χ3n) is 4.56. The molecule has 118 valence electrons. The first kappa shape index (κ1) is 14.6. The highest BCUT2D eigenvalue weighted by Crippen LogP contribution is 2.48. The van der Waals surface area contributed by atoms with Crippen LogP contribution in [0, 0.1) is 0 Å². The molecule has 1 saturated heterocycles. The van der Waals surface area contributed by atoms with Gasteiger partial charge in [-0.2, -0.15) is 0 Å². The van der Waals surface area contributed by atoms with Crippen LogP contribution in [0.1, 0.15) is 36.7 Å². The molecule has 2 aromatic rings. The Morgan fingerprint density at radius 1 is 1.22 bits per heavy atom. The molecular formula is C18H19N3OS. The van der Waals surface area contributed by atoms with Gasteiger partial charge in [-0.05, 0) is 36.2 Å². The average Bonchev–Trinajstić information content (AvgIpc) is 3.15. The largest absolute Gasteiger partial charge is 0.508 e. The summed E-state index contributed by atoms with van der Waals surface area (Å²) in [7, 11) is 0. The summed E-state index contributed by atoms with van der Waals surface area (Å²) in [6, 6.07) is 14.2. The van der Waals surface area contributed by atoms with Gasteiger partial charge in [0.05, 0.1) is 11.7 Å². The van der Waals surface area contributed by atoms with Crippen molar-refractivity contribution in [2.24, 2.45) is 4.99 Å². The summed E-state index contributed by atoms with van der Waals surface area (Å²) in [5, 5.41) is 10.7. The van der Waals surface area contributed by atoms with Gasteiger partial charge in [0.1, 0.15) is 11.8 Å². The summed E-state index contributed by atoms with van der Waals surface area (Å²) in [4.78, 5) is 12.0. The van der Waals surface area contributed by atoms with Gasteiger partial charge in [-0.25, -0.2) is 0 Å². The lowest BCUT2D eigenvalue weighted by Crippen LogP contribution is -2.35. The Morgan fingerprint density at radius 3 is 2.74 bits per heavy atom. The Morgan fingerprint density at radius 2 is 2.04 bits per heavy atom. The lowest BCUT2D eigenvalue weighted by atomic mass is 9.95. The maximum Gasteiger partial charge on any atom is 0.160 e. The molecule has 1 aromatic carbocycles. The third-order valence-corrected chi connectivity index (χ3v) is 5.69. The summed E-state index contributed by atoms with van der Waals surface area (Å²) < 4.78 is 0. The topological polar surface area (TPSA) is 48.7 Å². The number of hydrogen-bond donors (Lipinski definition) is 1. The van der Waals surface area contributed by atoms with Crippen LogP contribution in [0.15, 0.2) is 53.7 Å². The van der Waals surface area contributed by atoms with Gasteiger partial charge >= 0.3 is 0 Å². The van der Waals surface area contributed by atoms with Gasteiger partial charge in [-0.15, -0.1) is 0 Å². The number of benzene rings is 1. The molecule has 4 rings (SSSR count). The number of nitrogens with zero attached hydrogens (tertiary/aromatic N) is 3. The lowest BCUT2D eigenvalue weighted by molar-refractivity contribution is 0.255. The van der Waals surface area contributed by atoms with E-state index >= 15 is 0 Å². The van der Waals surface area contributed by atoms with Gasteiger partial charge in [0.15, 0.2) is 5.17 Å². The molecule has 1 fully saturated rings. The maximum atomic E-state index is 9.61. The number of phenolic OH excluding ortho intramolecular Hbond substituents is 1. The minimum absolute atomic E-state index is 0.0117. The minimum atomic E-state index is 0.0117. The van der Waals surface area contributed by atoms with Crippen LogP contribution in [-0.4, -0.2) is 32.0 Å². The molecule has 2 aliphatic rings. The fourth-order valence-corrected chi connectivity index (χ4v) is 4.72. The second kappa shape index (κ2) is 5.89. The Kier molecular flexibility index (Phi) is 3.73. The van der Waals surface area contributed by atoms with Crippen molar-refractivity contribution in [1.82, 2.24) is 9.88 Å². The number of fused-ring (bicyclic) bond motifs is 1. The van der Waals surface area contributed by atoms with Crippen LogP contribution < -0.4 is 0 Å². The third kappa shape index (κ3) is 2.49. The zero-order chi connectivity index (χ0) is 15.8. The first-order valence-electron chi connectivity index (χ1n) is 7.96. The molecule has 0 unspecified atom stereocenters. The van der Waals surface area contributed by atoms with E-state index in [9.17, 15) is 5.11 Å². The van der Waals surface area contributed by atoms with Crippen LogP contribution in [0.3, 0.4) is 0 Å². The number of aromatic nitrogens is 1. The predicted octanol–water partition coefficient (Wildman–Crippen LogP) is 3.77. The van der Waals surface area contributed by atoms with E-state index in [2.05, 4.69) is 22.9 Å². The van der Waals surface area contributed by atoms with Crippen LogP contribution in [0.5, 0.6) is 5.75 Å². The smallest absolute Gasteiger partial charge is 0.160 e. The standard InChI is InChI=1S/C18H19N3OS/c1-2-13-11-23-18-20-16(15-5-3-4-10-19-15)17(21(13)18)12-6-8-14(22)9-7-12/h3-10,13,16-17,22H,2,11H2,1H3/t13-,16+,17+/m0/s1. The second-order valence-corrected chi connectivity index (χ2v) is 6.91. The Hall–Kier alpha value is -2.01. The average molecular weight is 325 g/mol. The number of thioether (sulfide) groups is 1. The Bertz CT molecular complexity index is 717. The molecule has 1 aromatic heterocycles. The highest BCUT2D eigenvalue weighted by atomic mass is 32.2. The number of pyridine rings is 1. The second-order valence-electron chi connectivity index (χ2n) is 5.93. The summed E-state index contributed by atoms with van der Waals surface area (Å²) >= 11 is 1.84. The molecule has 0 radical (unpaired) electrons. The number of amidine groups is 1. The fraction of sp³-hybridized carbons (Fsp3) is 0.333. The number of phenols is 1. The number of aromatic hydroxyl groups is 1. The van der Waals surface area contributed by atoms with Crippen LogP contribution in [0.25, 0.3) is 0 Å². The number of aliphatic imine (C=N–C) groups is 1. The van der Waals surface area contributed by atoms with Gasteiger partial charge in [0.2, 0.25) is 0 Å². The molecule has 0 aliphatic carbocycles. The highest BCUT2D eigenvalue weighted by Gasteiger charge is 2.45. The number of rotatable bonds is 3. The molecule has 4 nitrogen and oxygen atoms in total. The molecule has 0 amide bonds. The van der Waals surface area contributed by atoms with Crippen molar-refractivity contribution in [3.05, 3.63) is 59.9 Å². The zero-order valence-electron chi connectivity index (χ0n) is 13.0. The Labute approximate surface area is 140 Å². The van der Waals surface area contributed by atoms with Crippen molar-refractivity contribution < 1.29 is 5.11 Å². The molecule has 3 atom stereocenters. The van der Waals surface area contributed by atoms with Gasteiger partial charge in [-0.1, -0.05) is 36.9 Å². The molecule has 3 heterocycles. The molecule has 0 spiro atoms.